The molecule has 3 heteroatoms. The van der Waals surface area contributed by atoms with Gasteiger partial charge in [0.1, 0.15) is 13.2 Å². The molecule has 0 atom stereocenters. The molecule has 1 aromatic carbocycles. The normalized spacial score (nSPS) is 21.2. The average molecular weight is 289 g/mol. The fourth-order valence-electron chi connectivity index (χ4n) is 3.27. The lowest BCUT2D eigenvalue weighted by molar-refractivity contribution is 0.171. The first-order chi connectivity index (χ1) is 10.1. The Bertz CT molecular complexity index is 474. The van der Waals surface area contributed by atoms with Crippen LogP contribution in [0.5, 0.6) is 11.5 Å². The molecule has 1 aromatic rings. The summed E-state index contributed by atoms with van der Waals surface area (Å²) in [5.74, 6) is 1.78. The zero-order valence-corrected chi connectivity index (χ0v) is 13.3. The van der Waals surface area contributed by atoms with E-state index in [9.17, 15) is 0 Å². The van der Waals surface area contributed by atoms with Gasteiger partial charge in [0.15, 0.2) is 11.5 Å². The van der Waals surface area contributed by atoms with Gasteiger partial charge in [0.2, 0.25) is 0 Å². The number of ether oxygens (including phenoxy) is 2. The van der Waals surface area contributed by atoms with Crippen LogP contribution in [-0.2, 0) is 6.42 Å². The van der Waals surface area contributed by atoms with Crippen LogP contribution < -0.4 is 14.8 Å². The quantitative estimate of drug-likeness (QED) is 0.919. The minimum Gasteiger partial charge on any atom is -0.486 e. The van der Waals surface area contributed by atoms with Gasteiger partial charge in [0, 0.05) is 6.04 Å². The van der Waals surface area contributed by atoms with Gasteiger partial charge in [-0.05, 0) is 61.8 Å². The Kier molecular flexibility index (Phi) is 4.39. The van der Waals surface area contributed by atoms with Crippen molar-refractivity contribution in [3.63, 3.8) is 0 Å². The second kappa shape index (κ2) is 6.27. The Hall–Kier alpha value is -1.22. The van der Waals surface area contributed by atoms with Crippen molar-refractivity contribution in [1.82, 2.24) is 5.32 Å². The summed E-state index contributed by atoms with van der Waals surface area (Å²) in [6, 6.07) is 7.02. The number of rotatable bonds is 4. The van der Waals surface area contributed by atoms with Gasteiger partial charge in [0.25, 0.3) is 0 Å². The number of fused-ring (bicyclic) bond motifs is 1. The van der Waals surface area contributed by atoms with Crippen LogP contribution in [0.2, 0.25) is 0 Å². The Labute approximate surface area is 128 Å². The van der Waals surface area contributed by atoms with E-state index in [1.807, 2.05) is 6.07 Å². The summed E-state index contributed by atoms with van der Waals surface area (Å²) in [5.41, 5.74) is 1.87. The molecule has 1 saturated carbocycles. The van der Waals surface area contributed by atoms with Crippen LogP contribution >= 0.6 is 0 Å². The number of nitrogens with one attached hydrogen (secondary N) is 1. The molecule has 0 aromatic heterocycles. The van der Waals surface area contributed by atoms with Crippen molar-refractivity contribution in [3.8, 4) is 11.5 Å². The SMILES string of the molecule is CC1(C)CCC(NCCc2ccc3c(c2)OCCO3)CC1. The van der Waals surface area contributed by atoms with Gasteiger partial charge in [-0.1, -0.05) is 19.9 Å². The third-order valence-electron chi connectivity index (χ3n) is 4.79. The summed E-state index contributed by atoms with van der Waals surface area (Å²) in [7, 11) is 0. The number of hydrogen-bond acceptors (Lipinski definition) is 3. The third-order valence-corrected chi connectivity index (χ3v) is 4.79. The molecule has 3 rings (SSSR count). The second-order valence-electron chi connectivity index (χ2n) is 7.12. The minimum absolute atomic E-state index is 0.550. The zero-order valence-electron chi connectivity index (χ0n) is 13.3. The molecule has 116 valence electrons. The Morgan fingerprint density at radius 1 is 1.10 bits per heavy atom. The van der Waals surface area contributed by atoms with Gasteiger partial charge in [-0.15, -0.1) is 0 Å². The number of benzene rings is 1. The van der Waals surface area contributed by atoms with Crippen molar-refractivity contribution >= 4 is 0 Å². The summed E-state index contributed by atoms with van der Waals surface area (Å²) in [4.78, 5) is 0. The van der Waals surface area contributed by atoms with E-state index in [1.54, 1.807) is 0 Å². The van der Waals surface area contributed by atoms with Crippen molar-refractivity contribution in [2.45, 2.75) is 52.0 Å². The lowest BCUT2D eigenvalue weighted by Gasteiger charge is -2.34. The monoisotopic (exact) mass is 289 g/mol. The molecule has 1 N–H and O–H groups in total. The van der Waals surface area contributed by atoms with Gasteiger partial charge < -0.3 is 14.8 Å². The van der Waals surface area contributed by atoms with Crippen molar-refractivity contribution in [2.75, 3.05) is 19.8 Å². The highest BCUT2D eigenvalue weighted by molar-refractivity contribution is 5.43. The van der Waals surface area contributed by atoms with E-state index in [0.29, 0.717) is 24.7 Å². The maximum Gasteiger partial charge on any atom is 0.161 e. The first-order valence-electron chi connectivity index (χ1n) is 8.24. The topological polar surface area (TPSA) is 30.5 Å². The second-order valence-corrected chi connectivity index (χ2v) is 7.12. The van der Waals surface area contributed by atoms with Crippen molar-refractivity contribution < 1.29 is 9.47 Å². The molecular formula is C18H27NO2. The van der Waals surface area contributed by atoms with Crippen LogP contribution in [0.4, 0.5) is 0 Å². The molecule has 2 aliphatic rings. The van der Waals surface area contributed by atoms with Gasteiger partial charge in [0.05, 0.1) is 0 Å². The van der Waals surface area contributed by atoms with Crippen molar-refractivity contribution in [3.05, 3.63) is 23.8 Å². The van der Waals surface area contributed by atoms with Crippen LogP contribution in [0.1, 0.15) is 45.1 Å². The van der Waals surface area contributed by atoms with E-state index < -0.39 is 0 Å². The molecule has 0 spiro atoms. The van der Waals surface area contributed by atoms with Crippen LogP contribution in [0, 0.1) is 5.41 Å². The molecule has 3 nitrogen and oxygen atoms in total. The van der Waals surface area contributed by atoms with E-state index in [2.05, 4.69) is 31.3 Å². The highest BCUT2D eigenvalue weighted by Gasteiger charge is 2.26. The van der Waals surface area contributed by atoms with Crippen LogP contribution in [0.15, 0.2) is 18.2 Å². The predicted octanol–water partition coefficient (Wildman–Crippen LogP) is 3.56. The molecule has 0 unspecified atom stereocenters. The first-order valence-corrected chi connectivity index (χ1v) is 8.24. The zero-order chi connectivity index (χ0) is 14.7. The predicted molar refractivity (Wildman–Crippen MR) is 85.2 cm³/mol. The van der Waals surface area contributed by atoms with Crippen LogP contribution in [0.25, 0.3) is 0 Å². The summed E-state index contributed by atoms with van der Waals surface area (Å²) >= 11 is 0. The summed E-state index contributed by atoms with van der Waals surface area (Å²) in [6.45, 7) is 7.14. The van der Waals surface area contributed by atoms with E-state index in [0.717, 1.165) is 24.5 Å². The maximum atomic E-state index is 5.64. The maximum absolute atomic E-state index is 5.64. The molecular weight excluding hydrogens is 262 g/mol. The Balaban J connectivity index is 1.45. The first kappa shape index (κ1) is 14.7. The van der Waals surface area contributed by atoms with E-state index in [4.69, 9.17) is 9.47 Å². The molecule has 21 heavy (non-hydrogen) atoms. The van der Waals surface area contributed by atoms with Gasteiger partial charge >= 0.3 is 0 Å². The fraction of sp³-hybridized carbons (Fsp3) is 0.667. The Morgan fingerprint density at radius 2 is 1.81 bits per heavy atom. The van der Waals surface area contributed by atoms with Crippen LogP contribution in [-0.4, -0.2) is 25.8 Å². The van der Waals surface area contributed by atoms with Gasteiger partial charge in [-0.2, -0.15) is 0 Å². The largest absolute Gasteiger partial charge is 0.486 e. The molecule has 1 fully saturated rings. The lowest BCUT2D eigenvalue weighted by Crippen LogP contribution is -2.36. The molecule has 0 bridgehead atoms. The summed E-state index contributed by atoms with van der Waals surface area (Å²) < 4.78 is 11.2. The summed E-state index contributed by atoms with van der Waals surface area (Å²) in [5, 5.41) is 3.72. The van der Waals surface area contributed by atoms with E-state index >= 15 is 0 Å². The molecule has 0 amide bonds. The van der Waals surface area contributed by atoms with Gasteiger partial charge in [-0.3, -0.25) is 0 Å². The smallest absolute Gasteiger partial charge is 0.161 e. The van der Waals surface area contributed by atoms with E-state index in [1.165, 1.54) is 31.2 Å². The Morgan fingerprint density at radius 3 is 2.57 bits per heavy atom. The summed E-state index contributed by atoms with van der Waals surface area (Å²) in [6.07, 6.45) is 6.36. The molecule has 0 radical (unpaired) electrons. The standard InChI is InChI=1S/C18H27NO2/c1-18(2)8-5-15(6-9-18)19-10-7-14-3-4-16-17(13-14)21-12-11-20-16/h3-4,13,15,19H,5-12H2,1-2H3. The highest BCUT2D eigenvalue weighted by atomic mass is 16.6. The molecule has 0 saturated heterocycles. The molecule has 1 aliphatic carbocycles. The molecule has 1 aliphatic heterocycles. The fourth-order valence-corrected chi connectivity index (χ4v) is 3.27. The highest BCUT2D eigenvalue weighted by Crippen LogP contribution is 2.35. The lowest BCUT2D eigenvalue weighted by atomic mass is 9.75. The van der Waals surface area contributed by atoms with Crippen LogP contribution in [0.3, 0.4) is 0 Å². The minimum atomic E-state index is 0.550. The average Bonchev–Trinajstić information content (AvgIpc) is 2.49. The third kappa shape index (κ3) is 3.91. The van der Waals surface area contributed by atoms with Gasteiger partial charge in [-0.25, -0.2) is 0 Å². The molecule has 1 heterocycles. The van der Waals surface area contributed by atoms with Crippen molar-refractivity contribution in [1.29, 1.82) is 0 Å². The van der Waals surface area contributed by atoms with Crippen molar-refractivity contribution in [2.24, 2.45) is 5.41 Å². The van der Waals surface area contributed by atoms with E-state index in [-0.39, 0.29) is 0 Å². The number of hydrogen-bond donors (Lipinski definition) is 1.